The van der Waals surface area contributed by atoms with Crippen molar-refractivity contribution < 1.29 is 24.2 Å². The third kappa shape index (κ3) is 4.79. The van der Waals surface area contributed by atoms with Crippen molar-refractivity contribution in [3.63, 3.8) is 0 Å². The van der Waals surface area contributed by atoms with Crippen LogP contribution in [0.5, 0.6) is 11.5 Å². The molecule has 2 aliphatic rings. The maximum absolute atomic E-state index is 14.0. The van der Waals surface area contributed by atoms with E-state index in [-0.39, 0.29) is 23.1 Å². The summed E-state index contributed by atoms with van der Waals surface area (Å²) >= 11 is 8.14. The lowest BCUT2D eigenvalue weighted by Crippen LogP contribution is -2.33. The number of methoxy groups -OCH3 is 1. The Morgan fingerprint density at radius 2 is 1.71 bits per heavy atom. The third-order valence-corrected chi connectivity index (χ3v) is 9.92. The van der Waals surface area contributed by atoms with E-state index >= 15 is 0 Å². The Bertz CT molecular complexity index is 1730. The summed E-state index contributed by atoms with van der Waals surface area (Å²) in [5.74, 6) is -2.11. The molecule has 2 N–H and O–H groups in total. The number of aromatic hydroxyl groups is 1. The van der Waals surface area contributed by atoms with E-state index in [4.69, 9.17) is 16.3 Å². The van der Waals surface area contributed by atoms with Gasteiger partial charge in [0.25, 0.3) is 0 Å². The van der Waals surface area contributed by atoms with Gasteiger partial charge in [0, 0.05) is 27.1 Å². The van der Waals surface area contributed by atoms with Crippen LogP contribution in [0.2, 0.25) is 5.02 Å². The predicted octanol–water partition coefficient (Wildman–Crippen LogP) is 4.71. The fourth-order valence-corrected chi connectivity index (χ4v) is 8.14. The first-order valence-corrected chi connectivity index (χ1v) is 14.6. The number of carbonyl (C=O) groups is 3. The molecule has 1 aromatic heterocycles. The highest BCUT2D eigenvalue weighted by Crippen LogP contribution is 2.55. The van der Waals surface area contributed by atoms with Crippen LogP contribution in [0, 0.1) is 5.92 Å². The lowest BCUT2D eigenvalue weighted by atomic mass is 9.82. The Morgan fingerprint density at radius 1 is 1.00 bits per heavy atom. The summed E-state index contributed by atoms with van der Waals surface area (Å²) in [5.41, 5.74) is 1.54. The number of phenolic OH excluding ortho intramolecular Hbond substituents is 1. The minimum atomic E-state index is -0.832. The van der Waals surface area contributed by atoms with Gasteiger partial charge in [0.15, 0.2) is 0 Å². The number of nitrogens with zero attached hydrogens (tertiary/aromatic N) is 2. The van der Waals surface area contributed by atoms with Gasteiger partial charge in [-0.2, -0.15) is 0 Å². The number of amides is 3. The highest BCUT2D eigenvalue weighted by molar-refractivity contribution is 8.00. The second kappa shape index (κ2) is 10.7. The number of carbonyl (C=O) groups excluding carboxylic acids is 3. The Morgan fingerprint density at radius 3 is 2.41 bits per heavy atom. The van der Waals surface area contributed by atoms with Crippen molar-refractivity contribution in [1.82, 2.24) is 4.57 Å². The van der Waals surface area contributed by atoms with Gasteiger partial charge in [0.2, 0.25) is 17.7 Å². The average Bonchev–Trinajstić information content (AvgIpc) is 3.41. The number of aromatic nitrogens is 1. The van der Waals surface area contributed by atoms with E-state index in [0.717, 1.165) is 23.1 Å². The molecule has 0 aliphatic carbocycles. The molecule has 12 heteroatoms. The van der Waals surface area contributed by atoms with Gasteiger partial charge < -0.3 is 15.2 Å². The Balaban J connectivity index is 1.43. The van der Waals surface area contributed by atoms with Crippen molar-refractivity contribution in [2.75, 3.05) is 17.3 Å². The number of hydrogen-bond acceptors (Lipinski definition) is 8. The summed E-state index contributed by atoms with van der Waals surface area (Å²) in [7, 11) is 1.53. The molecule has 41 heavy (non-hydrogen) atoms. The Kier molecular flexibility index (Phi) is 7.10. The van der Waals surface area contributed by atoms with Crippen molar-refractivity contribution >= 4 is 63.8 Å². The van der Waals surface area contributed by atoms with E-state index < -0.39 is 28.9 Å². The van der Waals surface area contributed by atoms with E-state index in [2.05, 4.69) is 5.32 Å². The van der Waals surface area contributed by atoms with Gasteiger partial charge in [-0.25, -0.2) is 4.90 Å². The average molecular weight is 608 g/mol. The molecule has 0 saturated carbocycles. The summed E-state index contributed by atoms with van der Waals surface area (Å²) < 4.78 is 6.98. The number of thiazole rings is 1. The smallest absolute Gasteiger partial charge is 0.308 e. The number of halogens is 1. The highest BCUT2D eigenvalue weighted by atomic mass is 35.5. The van der Waals surface area contributed by atoms with Gasteiger partial charge in [-0.15, -0.1) is 0 Å². The number of nitrogens with one attached hydrogen (secondary N) is 1. The molecule has 0 radical (unpaired) electrons. The quantitative estimate of drug-likeness (QED) is 0.241. The number of benzene rings is 3. The maximum Gasteiger partial charge on any atom is 0.308 e. The number of hydrogen-bond donors (Lipinski definition) is 2. The molecule has 3 heterocycles. The second-order valence-corrected chi connectivity index (χ2v) is 12.1. The Labute approximate surface area is 247 Å². The minimum Gasteiger partial charge on any atom is -0.508 e. The molecule has 4 aromatic rings. The molecule has 3 aromatic carbocycles. The van der Waals surface area contributed by atoms with E-state index in [0.29, 0.717) is 37.6 Å². The topological polar surface area (TPSA) is 118 Å². The van der Waals surface area contributed by atoms with Crippen LogP contribution in [0.15, 0.2) is 82.6 Å². The fourth-order valence-electron chi connectivity index (χ4n) is 5.25. The lowest BCUT2D eigenvalue weighted by molar-refractivity contribution is -0.122. The highest BCUT2D eigenvalue weighted by Gasteiger charge is 2.57. The molecule has 0 bridgehead atoms. The zero-order valence-corrected chi connectivity index (χ0v) is 23.8. The van der Waals surface area contributed by atoms with Crippen LogP contribution in [0.1, 0.15) is 16.4 Å². The molecule has 3 unspecified atom stereocenters. The largest absolute Gasteiger partial charge is 0.508 e. The van der Waals surface area contributed by atoms with Crippen molar-refractivity contribution in [3.05, 3.63) is 97.9 Å². The standard InChI is InChI=1S/C29H22ClN3O6S2/c1-39-20-5-3-2-4-19(20)22-23-24(27(37)33(26(23)36)17-10-6-15(30)7-11-17)40-28-25(22)41-29(38)32(28)14-21(35)31-16-8-12-18(34)13-9-16/h2-13,22-24,34H,14H2,1H3,(H,31,35). The van der Waals surface area contributed by atoms with Crippen LogP contribution in [0.3, 0.4) is 0 Å². The summed E-state index contributed by atoms with van der Waals surface area (Å²) in [4.78, 5) is 55.5. The van der Waals surface area contributed by atoms with Crippen molar-refractivity contribution in [1.29, 1.82) is 0 Å². The molecule has 1 saturated heterocycles. The van der Waals surface area contributed by atoms with Crippen LogP contribution in [-0.4, -0.2) is 39.8 Å². The summed E-state index contributed by atoms with van der Waals surface area (Å²) in [6, 6.07) is 19.7. The van der Waals surface area contributed by atoms with Gasteiger partial charge in [0.1, 0.15) is 23.3 Å². The molecule has 6 rings (SSSR count). The predicted molar refractivity (Wildman–Crippen MR) is 157 cm³/mol. The van der Waals surface area contributed by atoms with Gasteiger partial charge in [-0.3, -0.25) is 23.7 Å². The van der Waals surface area contributed by atoms with Gasteiger partial charge in [0.05, 0.1) is 23.7 Å². The van der Waals surface area contributed by atoms with Crippen molar-refractivity contribution in [2.45, 2.75) is 22.7 Å². The van der Waals surface area contributed by atoms with Crippen LogP contribution in [0.25, 0.3) is 0 Å². The molecule has 1 fully saturated rings. The zero-order chi connectivity index (χ0) is 28.8. The maximum atomic E-state index is 14.0. The minimum absolute atomic E-state index is 0.0582. The van der Waals surface area contributed by atoms with Crippen LogP contribution in [0.4, 0.5) is 11.4 Å². The SMILES string of the molecule is COc1ccccc1C1c2sc(=O)n(CC(=O)Nc3ccc(O)cc3)c2SC2C(=O)N(c3ccc(Cl)cc3)C(=O)C21. The summed E-state index contributed by atoms with van der Waals surface area (Å²) in [5, 5.41) is 12.3. The fraction of sp³-hybridized carbons (Fsp3) is 0.172. The van der Waals surface area contributed by atoms with Crippen LogP contribution >= 0.6 is 34.7 Å². The first-order valence-electron chi connectivity index (χ1n) is 12.5. The van der Waals surface area contributed by atoms with Crippen molar-refractivity contribution in [2.24, 2.45) is 5.92 Å². The van der Waals surface area contributed by atoms with Crippen LogP contribution < -0.4 is 19.8 Å². The van der Waals surface area contributed by atoms with Crippen LogP contribution in [-0.2, 0) is 20.9 Å². The number of para-hydroxylation sites is 1. The molecule has 0 spiro atoms. The monoisotopic (exact) mass is 607 g/mol. The van der Waals surface area contributed by atoms with Gasteiger partial charge >= 0.3 is 4.87 Å². The number of ether oxygens (including phenoxy) is 1. The Hall–Kier alpha value is -4.06. The van der Waals surface area contributed by atoms with E-state index in [1.807, 2.05) is 12.1 Å². The number of phenols is 1. The van der Waals surface area contributed by atoms with E-state index in [1.54, 1.807) is 48.5 Å². The van der Waals surface area contributed by atoms with E-state index in [1.165, 1.54) is 28.7 Å². The number of thioether (sulfide) groups is 1. The number of fused-ring (bicyclic) bond motifs is 2. The third-order valence-electron chi connectivity index (χ3n) is 7.06. The van der Waals surface area contributed by atoms with Gasteiger partial charge in [-0.05, 0) is 54.6 Å². The molecule has 2 aliphatic heterocycles. The molecule has 208 valence electrons. The lowest BCUT2D eigenvalue weighted by Gasteiger charge is -2.31. The van der Waals surface area contributed by atoms with E-state index in [9.17, 15) is 24.3 Å². The molecular weight excluding hydrogens is 586 g/mol. The molecular formula is C29H22ClN3O6S2. The molecule has 3 amide bonds. The number of anilines is 2. The zero-order valence-electron chi connectivity index (χ0n) is 21.4. The first-order chi connectivity index (χ1) is 19.8. The molecule has 3 atom stereocenters. The van der Waals surface area contributed by atoms with Crippen molar-refractivity contribution in [3.8, 4) is 11.5 Å². The molecule has 9 nitrogen and oxygen atoms in total. The number of imide groups is 1. The van der Waals surface area contributed by atoms with Gasteiger partial charge in [-0.1, -0.05) is 52.9 Å². The normalized spacial score (nSPS) is 19.6. The first kappa shape index (κ1) is 27.1. The second-order valence-electron chi connectivity index (χ2n) is 9.49. The summed E-state index contributed by atoms with van der Waals surface area (Å²) in [6.45, 7) is -0.294. The summed E-state index contributed by atoms with van der Waals surface area (Å²) in [6.07, 6.45) is 0. The number of rotatable bonds is 6.